The highest BCUT2D eigenvalue weighted by atomic mass is 35.5. The molecule has 5 rings (SSSR count). The quantitative estimate of drug-likeness (QED) is 0.160. The van der Waals surface area contributed by atoms with Crippen LogP contribution in [0.2, 0.25) is 5.02 Å². The fraction of sp³-hybridized carbons (Fsp3) is 0.176. The number of methoxy groups -OCH3 is 1. The van der Waals surface area contributed by atoms with Gasteiger partial charge in [0.15, 0.2) is 18.1 Å². The molecular weight excluding hydrogens is 587 g/mol. The molecule has 44 heavy (non-hydrogen) atoms. The van der Waals surface area contributed by atoms with Crippen LogP contribution in [-0.2, 0) is 11.4 Å². The van der Waals surface area contributed by atoms with E-state index >= 15 is 0 Å². The molecular formula is C34H28ClFN2O6. The van der Waals surface area contributed by atoms with Crippen LogP contribution in [0.4, 0.5) is 4.39 Å². The third-order valence-electron chi connectivity index (χ3n) is 7.02. The van der Waals surface area contributed by atoms with Gasteiger partial charge in [-0.1, -0.05) is 35.9 Å². The van der Waals surface area contributed by atoms with Crippen molar-refractivity contribution in [1.82, 2.24) is 0 Å². The van der Waals surface area contributed by atoms with Gasteiger partial charge in [-0.3, -0.25) is 0 Å². The van der Waals surface area contributed by atoms with Crippen molar-refractivity contribution in [3.63, 3.8) is 0 Å². The molecule has 4 aromatic rings. The van der Waals surface area contributed by atoms with Gasteiger partial charge in [-0.2, -0.15) is 5.26 Å². The number of allylic oxidation sites excluding steroid dienone is 1. The highest BCUT2D eigenvalue weighted by Crippen LogP contribution is 2.45. The summed E-state index contributed by atoms with van der Waals surface area (Å²) in [4.78, 5) is 12.6. The van der Waals surface area contributed by atoms with Gasteiger partial charge >= 0.3 is 5.97 Å². The summed E-state index contributed by atoms with van der Waals surface area (Å²) in [6, 6.07) is 21.8. The lowest BCUT2D eigenvalue weighted by Crippen LogP contribution is -2.22. The van der Waals surface area contributed by atoms with Crippen LogP contribution in [0.25, 0.3) is 0 Å². The highest BCUT2D eigenvalue weighted by Gasteiger charge is 2.32. The van der Waals surface area contributed by atoms with Crippen molar-refractivity contribution < 1.29 is 32.9 Å². The number of hydrogen-bond donors (Lipinski definition) is 1. The number of nitrogens with two attached hydrogens (primary N) is 1. The zero-order chi connectivity index (χ0) is 31.4. The summed E-state index contributed by atoms with van der Waals surface area (Å²) in [6.07, 6.45) is 0. The molecule has 0 saturated carbocycles. The molecule has 224 valence electrons. The number of benzene rings is 4. The second kappa shape index (κ2) is 13.0. The number of carbonyl (C=O) groups is 1. The molecule has 1 aliphatic heterocycles. The molecule has 0 aliphatic carbocycles. The molecule has 1 unspecified atom stereocenters. The third-order valence-corrected chi connectivity index (χ3v) is 7.61. The molecule has 0 saturated heterocycles. The average Bonchev–Trinajstić information content (AvgIpc) is 3.01. The maximum absolute atomic E-state index is 13.2. The lowest BCUT2D eigenvalue weighted by atomic mass is 9.83. The predicted octanol–water partition coefficient (Wildman–Crippen LogP) is 6.89. The Labute approximate surface area is 258 Å². The molecule has 0 aromatic heterocycles. The van der Waals surface area contributed by atoms with Gasteiger partial charge < -0.3 is 29.4 Å². The number of halogens is 2. The van der Waals surface area contributed by atoms with Gasteiger partial charge in [-0.25, -0.2) is 9.18 Å². The molecule has 8 nitrogen and oxygen atoms in total. The van der Waals surface area contributed by atoms with Crippen molar-refractivity contribution in [1.29, 1.82) is 5.26 Å². The second-order valence-corrected chi connectivity index (χ2v) is 10.5. The van der Waals surface area contributed by atoms with E-state index in [2.05, 4.69) is 6.07 Å². The lowest BCUT2D eigenvalue weighted by Gasteiger charge is -2.27. The van der Waals surface area contributed by atoms with Crippen molar-refractivity contribution in [2.24, 2.45) is 5.73 Å². The van der Waals surface area contributed by atoms with Crippen LogP contribution < -0.4 is 29.4 Å². The monoisotopic (exact) mass is 614 g/mol. The number of fused-ring (bicyclic) bond motifs is 1. The molecule has 1 aliphatic rings. The first-order valence-electron chi connectivity index (χ1n) is 13.5. The van der Waals surface area contributed by atoms with E-state index in [9.17, 15) is 14.4 Å². The standard InChI is InChI=1S/C34H28ClFN2O6/c1-19-12-25(13-20(2)33(19)35)41-18-31(39)43-24-9-10-26-29(15-24)44-34(38)27(16-37)32(26)22-6-11-28(30(14-22)40-3)42-17-21-4-7-23(36)8-5-21/h4-15,32H,17-18,38H2,1-3H3. The van der Waals surface area contributed by atoms with Gasteiger partial charge in [-0.15, -0.1) is 0 Å². The molecule has 1 atom stereocenters. The first-order chi connectivity index (χ1) is 21.2. The largest absolute Gasteiger partial charge is 0.493 e. The normalized spacial score (nSPS) is 13.8. The smallest absolute Gasteiger partial charge is 0.349 e. The van der Waals surface area contributed by atoms with Crippen LogP contribution in [0.15, 0.2) is 84.3 Å². The first-order valence-corrected chi connectivity index (χ1v) is 13.9. The Morgan fingerprint density at radius 2 is 1.70 bits per heavy atom. The van der Waals surface area contributed by atoms with Gasteiger partial charge in [-0.05, 0) is 78.6 Å². The zero-order valence-corrected chi connectivity index (χ0v) is 24.9. The number of nitriles is 1. The zero-order valence-electron chi connectivity index (χ0n) is 24.1. The van der Waals surface area contributed by atoms with Crippen LogP contribution >= 0.6 is 11.6 Å². The van der Waals surface area contributed by atoms with E-state index in [-0.39, 0.29) is 36.2 Å². The van der Waals surface area contributed by atoms with Crippen molar-refractivity contribution in [3.8, 4) is 34.8 Å². The first kappa shape index (κ1) is 30.3. The topological polar surface area (TPSA) is 113 Å². The Balaban J connectivity index is 1.34. The Hall–Kier alpha value is -5.20. The van der Waals surface area contributed by atoms with Crippen LogP contribution in [0.1, 0.15) is 33.7 Å². The van der Waals surface area contributed by atoms with Crippen LogP contribution in [0.5, 0.6) is 28.7 Å². The van der Waals surface area contributed by atoms with E-state index in [1.807, 2.05) is 13.8 Å². The number of nitrogens with zero attached hydrogens (tertiary/aromatic N) is 1. The minimum atomic E-state index is -0.621. The number of rotatable bonds is 9. The fourth-order valence-electron chi connectivity index (χ4n) is 4.86. The summed E-state index contributed by atoms with van der Waals surface area (Å²) in [7, 11) is 1.51. The van der Waals surface area contributed by atoms with E-state index in [1.165, 1.54) is 25.3 Å². The van der Waals surface area contributed by atoms with Gasteiger partial charge in [0.25, 0.3) is 0 Å². The van der Waals surface area contributed by atoms with Crippen LogP contribution in [0, 0.1) is 31.0 Å². The summed E-state index contributed by atoms with van der Waals surface area (Å²) in [5, 5.41) is 10.6. The van der Waals surface area contributed by atoms with E-state index in [1.54, 1.807) is 54.6 Å². The summed E-state index contributed by atoms with van der Waals surface area (Å²) in [5.41, 5.74) is 10.2. The number of carbonyl (C=O) groups excluding carboxylic acids is 1. The Kier molecular flexibility index (Phi) is 8.93. The summed E-state index contributed by atoms with van der Waals surface area (Å²) in [5.74, 6) is 0.349. The Morgan fingerprint density at radius 3 is 2.39 bits per heavy atom. The summed E-state index contributed by atoms with van der Waals surface area (Å²) in [6.45, 7) is 3.59. The fourth-order valence-corrected chi connectivity index (χ4v) is 4.97. The maximum Gasteiger partial charge on any atom is 0.349 e. The maximum atomic E-state index is 13.2. The third kappa shape index (κ3) is 6.56. The van der Waals surface area contributed by atoms with Crippen molar-refractivity contribution in [2.45, 2.75) is 26.4 Å². The molecule has 0 fully saturated rings. The van der Waals surface area contributed by atoms with E-state index in [0.717, 1.165) is 16.7 Å². The van der Waals surface area contributed by atoms with Crippen LogP contribution in [-0.4, -0.2) is 19.7 Å². The lowest BCUT2D eigenvalue weighted by molar-refractivity contribution is -0.136. The summed E-state index contributed by atoms with van der Waals surface area (Å²) < 4.78 is 41.6. The number of aryl methyl sites for hydroxylation is 2. The molecule has 0 radical (unpaired) electrons. The van der Waals surface area contributed by atoms with Crippen molar-refractivity contribution in [3.05, 3.63) is 123 Å². The number of ether oxygens (including phenoxy) is 5. The highest BCUT2D eigenvalue weighted by molar-refractivity contribution is 6.32. The SMILES string of the molecule is COc1cc(C2C(C#N)=C(N)Oc3cc(OC(=O)COc4cc(C)c(Cl)c(C)c4)ccc32)ccc1OCc1ccc(F)cc1. The van der Waals surface area contributed by atoms with Gasteiger partial charge in [0.1, 0.15) is 41.3 Å². The molecule has 4 aromatic carbocycles. The van der Waals surface area contributed by atoms with Gasteiger partial charge in [0.05, 0.1) is 13.0 Å². The van der Waals surface area contributed by atoms with Crippen LogP contribution in [0.3, 0.4) is 0 Å². The van der Waals surface area contributed by atoms with Crippen molar-refractivity contribution in [2.75, 3.05) is 13.7 Å². The molecule has 0 amide bonds. The molecule has 0 bridgehead atoms. The molecule has 2 N–H and O–H groups in total. The Bertz CT molecular complexity index is 1780. The van der Waals surface area contributed by atoms with Gasteiger partial charge in [0, 0.05) is 16.7 Å². The number of esters is 1. The predicted molar refractivity (Wildman–Crippen MR) is 162 cm³/mol. The molecule has 1 heterocycles. The molecule has 0 spiro atoms. The average molecular weight is 615 g/mol. The van der Waals surface area contributed by atoms with Gasteiger partial charge in [0.2, 0.25) is 5.88 Å². The minimum absolute atomic E-state index is 0.0686. The van der Waals surface area contributed by atoms with E-state index in [0.29, 0.717) is 39.1 Å². The second-order valence-electron chi connectivity index (χ2n) is 10.1. The minimum Gasteiger partial charge on any atom is -0.493 e. The van der Waals surface area contributed by atoms with Crippen molar-refractivity contribution >= 4 is 17.6 Å². The molecule has 10 heteroatoms. The Morgan fingerprint density at radius 1 is 0.977 bits per heavy atom. The summed E-state index contributed by atoms with van der Waals surface area (Å²) >= 11 is 6.21. The number of hydrogen-bond acceptors (Lipinski definition) is 8. The van der Waals surface area contributed by atoms with E-state index in [4.69, 9.17) is 41.0 Å². The van der Waals surface area contributed by atoms with E-state index < -0.39 is 11.9 Å².